The van der Waals surface area contributed by atoms with Crippen LogP contribution in [-0.4, -0.2) is 26.9 Å². The van der Waals surface area contributed by atoms with Crippen LogP contribution in [0.3, 0.4) is 0 Å². The van der Waals surface area contributed by atoms with Crippen molar-refractivity contribution in [2.75, 3.05) is 6.54 Å². The van der Waals surface area contributed by atoms with Crippen LogP contribution in [0.4, 0.5) is 0 Å². The summed E-state index contributed by atoms with van der Waals surface area (Å²) in [4.78, 5) is 12.6. The molecule has 0 bridgehead atoms. The summed E-state index contributed by atoms with van der Waals surface area (Å²) in [7, 11) is -3.50. The van der Waals surface area contributed by atoms with Crippen molar-refractivity contribution in [2.24, 2.45) is 0 Å². The summed E-state index contributed by atoms with van der Waals surface area (Å²) in [6, 6.07) is 6.42. The molecule has 1 amide bonds. The van der Waals surface area contributed by atoms with Gasteiger partial charge in [0, 0.05) is 18.2 Å². The largest absolute Gasteiger partial charge is 0.349 e. The van der Waals surface area contributed by atoms with E-state index in [1.165, 1.54) is 25.0 Å². The fourth-order valence-corrected chi connectivity index (χ4v) is 4.22. The second-order valence-electron chi connectivity index (χ2n) is 6.79. The summed E-state index contributed by atoms with van der Waals surface area (Å²) >= 11 is 0. The van der Waals surface area contributed by atoms with E-state index in [0.717, 1.165) is 44.9 Å². The van der Waals surface area contributed by atoms with Crippen LogP contribution >= 0.6 is 0 Å². The first kappa shape index (κ1) is 19.9. The molecular weight excluding hydrogens is 336 g/mol. The number of hydrogen-bond donors (Lipinski definition) is 2. The molecule has 5 nitrogen and oxygen atoms in total. The van der Waals surface area contributed by atoms with Gasteiger partial charge in [-0.3, -0.25) is 4.79 Å². The number of benzene rings is 1. The Kier molecular flexibility index (Phi) is 7.90. The summed E-state index contributed by atoms with van der Waals surface area (Å²) in [5.41, 5.74) is 0.508. The number of unbranched alkanes of at least 4 members (excludes halogenated alkanes) is 2. The number of carbonyl (C=O) groups excluding carboxylic acids is 1. The monoisotopic (exact) mass is 366 g/mol. The Morgan fingerprint density at radius 3 is 2.28 bits per heavy atom. The lowest BCUT2D eigenvalue weighted by Crippen LogP contribution is -2.34. The van der Waals surface area contributed by atoms with E-state index in [-0.39, 0.29) is 16.8 Å². The Balaban J connectivity index is 1.92. The van der Waals surface area contributed by atoms with Crippen LogP contribution in [0.2, 0.25) is 0 Å². The Morgan fingerprint density at radius 2 is 1.68 bits per heavy atom. The lowest BCUT2D eigenvalue weighted by Gasteiger charge is -2.16. The molecule has 0 aromatic heterocycles. The van der Waals surface area contributed by atoms with Crippen LogP contribution in [0.5, 0.6) is 0 Å². The van der Waals surface area contributed by atoms with Crippen molar-refractivity contribution < 1.29 is 13.2 Å². The molecule has 1 saturated carbocycles. The van der Waals surface area contributed by atoms with Gasteiger partial charge in [-0.15, -0.1) is 0 Å². The zero-order valence-corrected chi connectivity index (χ0v) is 15.9. The van der Waals surface area contributed by atoms with Crippen molar-refractivity contribution in [1.82, 2.24) is 10.0 Å². The van der Waals surface area contributed by atoms with E-state index in [9.17, 15) is 13.2 Å². The highest BCUT2D eigenvalue weighted by Crippen LogP contribution is 2.18. The molecular formula is C19H30N2O3S. The standard InChI is InChI=1S/C19H30N2O3S/c1-2-3-8-15-20-25(23,24)18-13-11-16(12-14-18)19(22)21-17-9-6-4-5-7-10-17/h11-14,17,20H,2-10,15H2,1H3,(H,21,22). The zero-order valence-electron chi connectivity index (χ0n) is 15.1. The molecule has 140 valence electrons. The third kappa shape index (κ3) is 6.44. The fourth-order valence-electron chi connectivity index (χ4n) is 3.14. The summed E-state index contributed by atoms with van der Waals surface area (Å²) in [5.74, 6) is -0.119. The highest BCUT2D eigenvalue weighted by molar-refractivity contribution is 7.89. The number of amides is 1. The summed E-state index contributed by atoms with van der Waals surface area (Å²) in [5, 5.41) is 3.08. The molecule has 6 heteroatoms. The van der Waals surface area contributed by atoms with E-state index in [1.54, 1.807) is 12.1 Å². The molecule has 0 atom stereocenters. The first-order chi connectivity index (χ1) is 12.0. The first-order valence-electron chi connectivity index (χ1n) is 9.43. The molecule has 0 radical (unpaired) electrons. The summed E-state index contributed by atoms with van der Waals surface area (Å²) in [6.07, 6.45) is 9.73. The number of nitrogens with one attached hydrogen (secondary N) is 2. The minimum absolute atomic E-state index is 0.119. The third-order valence-electron chi connectivity index (χ3n) is 4.69. The van der Waals surface area contributed by atoms with E-state index in [2.05, 4.69) is 17.0 Å². The molecule has 2 rings (SSSR count). The van der Waals surface area contributed by atoms with Crippen molar-refractivity contribution in [3.05, 3.63) is 29.8 Å². The molecule has 1 aliphatic carbocycles. The van der Waals surface area contributed by atoms with Crippen molar-refractivity contribution in [1.29, 1.82) is 0 Å². The molecule has 0 unspecified atom stereocenters. The second kappa shape index (κ2) is 9.92. The maximum Gasteiger partial charge on any atom is 0.251 e. The van der Waals surface area contributed by atoms with E-state index in [1.807, 2.05) is 0 Å². The van der Waals surface area contributed by atoms with Crippen molar-refractivity contribution in [2.45, 2.75) is 75.6 Å². The average molecular weight is 367 g/mol. The van der Waals surface area contributed by atoms with Gasteiger partial charge in [0.25, 0.3) is 5.91 Å². The van der Waals surface area contributed by atoms with E-state index in [4.69, 9.17) is 0 Å². The normalized spacial score (nSPS) is 16.4. The minimum atomic E-state index is -3.50. The first-order valence-corrected chi connectivity index (χ1v) is 10.9. The van der Waals surface area contributed by atoms with Crippen LogP contribution in [0.15, 0.2) is 29.2 Å². The van der Waals surface area contributed by atoms with Crippen LogP contribution in [0.1, 0.15) is 75.1 Å². The Labute approximate surface area is 151 Å². The Morgan fingerprint density at radius 1 is 1.04 bits per heavy atom. The van der Waals surface area contributed by atoms with Gasteiger partial charge in [0.05, 0.1) is 4.90 Å². The number of rotatable bonds is 8. The van der Waals surface area contributed by atoms with Crippen LogP contribution in [0, 0.1) is 0 Å². The number of carbonyl (C=O) groups is 1. The van der Waals surface area contributed by atoms with Gasteiger partial charge in [0.1, 0.15) is 0 Å². The SMILES string of the molecule is CCCCCNS(=O)(=O)c1ccc(C(=O)NC2CCCCCC2)cc1. The molecule has 1 aromatic rings. The Bertz CT molecular complexity index is 633. The van der Waals surface area contributed by atoms with E-state index in [0.29, 0.717) is 12.1 Å². The van der Waals surface area contributed by atoms with Crippen molar-refractivity contribution in [3.8, 4) is 0 Å². The van der Waals surface area contributed by atoms with Crippen molar-refractivity contribution in [3.63, 3.8) is 0 Å². The Hall–Kier alpha value is -1.40. The van der Waals surface area contributed by atoms with Gasteiger partial charge in [-0.1, -0.05) is 45.4 Å². The van der Waals surface area contributed by atoms with Crippen molar-refractivity contribution >= 4 is 15.9 Å². The van der Waals surface area contributed by atoms with Gasteiger partial charge >= 0.3 is 0 Å². The van der Waals surface area contributed by atoms with Gasteiger partial charge in [0.2, 0.25) is 10.0 Å². The van der Waals surface area contributed by atoms with E-state index >= 15 is 0 Å². The predicted octanol–water partition coefficient (Wildman–Crippen LogP) is 3.61. The molecule has 0 spiro atoms. The molecule has 2 N–H and O–H groups in total. The average Bonchev–Trinajstić information content (AvgIpc) is 2.87. The molecule has 0 saturated heterocycles. The fraction of sp³-hybridized carbons (Fsp3) is 0.632. The van der Waals surface area contributed by atoms with Gasteiger partial charge in [-0.2, -0.15) is 0 Å². The predicted molar refractivity (Wildman–Crippen MR) is 100 cm³/mol. The van der Waals surface area contributed by atoms with Crippen LogP contribution < -0.4 is 10.0 Å². The maximum absolute atomic E-state index is 12.4. The smallest absolute Gasteiger partial charge is 0.251 e. The summed E-state index contributed by atoms with van der Waals surface area (Å²) in [6.45, 7) is 2.52. The number of sulfonamides is 1. The molecule has 1 fully saturated rings. The third-order valence-corrected chi connectivity index (χ3v) is 6.17. The molecule has 0 aliphatic heterocycles. The van der Waals surface area contributed by atoms with Gasteiger partial charge in [-0.25, -0.2) is 13.1 Å². The topological polar surface area (TPSA) is 75.3 Å². The minimum Gasteiger partial charge on any atom is -0.349 e. The van der Waals surface area contributed by atoms with Crippen LogP contribution in [0.25, 0.3) is 0 Å². The lowest BCUT2D eigenvalue weighted by molar-refractivity contribution is 0.0933. The molecule has 1 aliphatic rings. The lowest BCUT2D eigenvalue weighted by atomic mass is 10.1. The van der Waals surface area contributed by atoms with Crippen LogP contribution in [-0.2, 0) is 10.0 Å². The zero-order chi connectivity index (χ0) is 18.1. The molecule has 25 heavy (non-hydrogen) atoms. The highest BCUT2D eigenvalue weighted by atomic mass is 32.2. The quantitative estimate of drug-likeness (QED) is 0.545. The van der Waals surface area contributed by atoms with E-state index < -0.39 is 10.0 Å². The van der Waals surface area contributed by atoms with Gasteiger partial charge < -0.3 is 5.32 Å². The highest BCUT2D eigenvalue weighted by Gasteiger charge is 2.17. The maximum atomic E-state index is 12.4. The van der Waals surface area contributed by atoms with Gasteiger partial charge in [0.15, 0.2) is 0 Å². The second-order valence-corrected chi connectivity index (χ2v) is 8.56. The number of hydrogen-bond acceptors (Lipinski definition) is 3. The molecule has 1 aromatic carbocycles. The van der Waals surface area contributed by atoms with Gasteiger partial charge in [-0.05, 0) is 43.5 Å². The summed E-state index contributed by atoms with van der Waals surface area (Å²) < 4.78 is 27.0. The molecule has 0 heterocycles.